The molecule has 32 nitrogen and oxygen atoms in total. The number of amides is 2. The number of esters is 3. The van der Waals surface area contributed by atoms with Gasteiger partial charge in [0.2, 0.25) is 21.2 Å². The molecule has 0 saturated carbocycles. The number of rotatable bonds is 22. The zero-order chi connectivity index (χ0) is 93.8. The van der Waals surface area contributed by atoms with Gasteiger partial charge in [-0.05, 0) is 99.1 Å². The predicted octanol–water partition coefficient (Wildman–Crippen LogP) is 11.3. The average molecular weight is 1950 g/mol. The second-order valence-electron chi connectivity index (χ2n) is 33.8. The Kier molecular flexibility index (Phi) is 29.9. The third-order valence-corrected chi connectivity index (χ3v) is 29.1. The highest BCUT2D eigenvalue weighted by Gasteiger charge is 2.67. The second-order valence-corrected chi connectivity index (χ2v) is 41.1. The third kappa shape index (κ3) is 18.7. The number of cyclic esters (lactones) is 1. The quantitative estimate of drug-likeness (QED) is 0.0285. The van der Waals surface area contributed by atoms with E-state index in [-0.39, 0.29) is 86.3 Å². The van der Waals surface area contributed by atoms with Gasteiger partial charge in [0.25, 0.3) is 0 Å². The van der Waals surface area contributed by atoms with Crippen LogP contribution < -0.4 is 29.6 Å². The fraction of sp³-hybridized carbons (Fsp3) is 0.533. The zero-order valence-electron chi connectivity index (χ0n) is 74.3. The standard InChI is InChI=1S/C48H49Cl3N4O11S.C36H41Cl3N4O11S.C6H14N2/c1-24-14-26-15-33-35(17-52)55-34(39(54(33)3)37(26)42(40(24)61-5)64-22-60-4)16-47(59)38(43-41(65-23-66-43)25(2)44(47)56)36(55)18-62-45(57)32(53-46(58)63-21-48(49,50)51)20-67-19-31-29-12-8-6-10-27(29)28-11-7-9-13-30(28)31;1-15-7-18-8-20-21(9-40)43-22-10-49-34(45)19(41-35(46)50-12-36(37,38)39)11-55-33(25-24(22)32-30(52-14-53-32)16(2)29(25)54-17(3)44)27(43)26(42(20)4)23(18)31(28(15)48-6)51-13-47-5;1-6(7(2)3)8(4)5/h6-14,31-36,39,59H,15-16,18-23H2,1-5H3,(H,53,58);7,19-22,25-27,29,33H,8,10-14H2,1-6H3,(H,41,46);1H2,2-5H3/t32-,33+,34?,35+,36+,39+,47?;19?,20-,21-,22-,25?,26+,27?,29?,33+;/m10./s1. The molecule has 9 aliphatic heterocycles. The average Bonchev–Trinajstić information content (AvgIpc) is 0.937. The van der Waals surface area contributed by atoms with E-state index >= 15 is 0 Å². The Morgan fingerprint density at radius 1 is 0.708 bits per heavy atom. The number of hydrogen-bond acceptors (Lipinski definition) is 32. The highest BCUT2D eigenvalue weighted by Crippen LogP contribution is 2.62. The Bertz CT molecular complexity index is 5270. The number of benzene rings is 4. The summed E-state index contributed by atoms with van der Waals surface area (Å²) in [5.41, 5.74) is 9.34. The van der Waals surface area contributed by atoms with E-state index in [0.717, 1.165) is 61.5 Å². The number of alkyl carbamates (subject to hydrolysis) is 2. The van der Waals surface area contributed by atoms with Crippen LogP contribution in [0.3, 0.4) is 0 Å². The van der Waals surface area contributed by atoms with E-state index in [1.54, 1.807) is 28.3 Å². The number of methoxy groups -OCH3 is 4. The molecule has 4 aromatic rings. The molecular weight excluding hydrogens is 1850 g/mol. The molecule has 0 spiro atoms. The van der Waals surface area contributed by atoms with Crippen LogP contribution >= 0.6 is 93.1 Å². The van der Waals surface area contributed by atoms with Crippen LogP contribution in [-0.4, -0.2) is 297 Å². The molecule has 4 aromatic carbocycles. The van der Waals surface area contributed by atoms with Gasteiger partial charge in [0, 0.05) is 148 Å². The Balaban J connectivity index is 0.000000196. The highest BCUT2D eigenvalue weighted by atomic mass is 35.6. The minimum absolute atomic E-state index is 0.00551. The van der Waals surface area contributed by atoms with Gasteiger partial charge < -0.3 is 96.6 Å². The summed E-state index contributed by atoms with van der Waals surface area (Å²) in [5.74, 6) is 1.68. The Morgan fingerprint density at radius 2 is 1.24 bits per heavy atom. The number of aryl methyl sites for hydroxylation is 2. The number of nitrogens with one attached hydrogen (secondary N) is 2. The highest BCUT2D eigenvalue weighted by molar-refractivity contribution is 8.00. The van der Waals surface area contributed by atoms with Gasteiger partial charge in [0.1, 0.15) is 56.7 Å². The third-order valence-electron chi connectivity index (χ3n) is 25.8. The van der Waals surface area contributed by atoms with E-state index in [1.807, 2.05) is 108 Å². The Labute approximate surface area is 792 Å². The van der Waals surface area contributed by atoms with Crippen LogP contribution in [0.4, 0.5) is 9.59 Å². The predicted molar refractivity (Wildman–Crippen MR) is 484 cm³/mol. The summed E-state index contributed by atoms with van der Waals surface area (Å²) in [6.45, 7) is 10.2. The maximum Gasteiger partial charge on any atom is 0.408 e. The lowest BCUT2D eigenvalue weighted by Crippen LogP contribution is -2.75. The molecule has 40 heteroatoms. The number of Topliss-reactive ketones (excluding diaryl/α,β-unsaturated/α-hetero) is 1. The van der Waals surface area contributed by atoms with Crippen LogP contribution in [0.2, 0.25) is 0 Å². The van der Waals surface area contributed by atoms with Crippen molar-refractivity contribution in [1.29, 1.82) is 10.5 Å². The molecule has 2 amide bonds. The lowest BCUT2D eigenvalue weighted by molar-refractivity contribution is -0.159. The number of halogens is 6. The number of ketones is 1. The normalized spacial score (nSPS) is 27.0. The maximum absolute atomic E-state index is 14.6. The first-order valence-electron chi connectivity index (χ1n) is 41.9. The van der Waals surface area contributed by atoms with Crippen molar-refractivity contribution in [3.63, 3.8) is 0 Å². The lowest BCUT2D eigenvalue weighted by Gasteiger charge is -2.64. The van der Waals surface area contributed by atoms with Crippen molar-refractivity contribution in [3.8, 4) is 46.3 Å². The fourth-order valence-electron chi connectivity index (χ4n) is 20.6. The molecule has 7 fully saturated rings. The van der Waals surface area contributed by atoms with Crippen molar-refractivity contribution in [2.75, 3.05) is 142 Å². The first kappa shape index (κ1) is 97.4. The van der Waals surface area contributed by atoms with Gasteiger partial charge in [-0.2, -0.15) is 34.0 Å². The number of nitrogens with zero attached hydrogens (tertiary/aromatic N) is 8. The number of hydrogen-bond donors (Lipinski definition) is 3. The van der Waals surface area contributed by atoms with Crippen molar-refractivity contribution in [2.45, 2.75) is 157 Å². The number of carbonyl (C=O) groups excluding carboxylic acids is 6. The van der Waals surface area contributed by atoms with Crippen molar-refractivity contribution >= 4 is 129 Å². The summed E-state index contributed by atoms with van der Waals surface area (Å²) < 4.78 is 84.2. The SMILES string of the molecule is C=C(N(C)C)N(C)C.COCOc1c(OC)c(C)cc2c1[C@@H]1C3CC4(O)C(=O)C(C)=C5OCOC5=C4[C@H](COC(=O)[C@@H](CSCC4c5ccccc5-c5ccccc54)NC(=O)OCC(Cl)(Cl)Cl)N3[C@@H](C#N)[C@H](C2)N1C.COCOc1c(OC)c(C)cc2c1[C@@H]1C3[C@@H]4SCC(NC(=O)OCC(Cl)(Cl)Cl)C(=O)OC[C@@H](C5=C6OCOC6=C(C)C(OC(C)=O)C54)N3[C@@H](C#N)[C@H](C2)N1C. The molecule has 9 heterocycles. The number of thioether (sulfide) groups is 2. The van der Waals surface area contributed by atoms with Gasteiger partial charge in [-0.25, -0.2) is 19.2 Å². The van der Waals surface area contributed by atoms with Crippen LogP contribution in [0.25, 0.3) is 11.1 Å². The molecular formula is C90H104Cl6N10O22S2. The molecule has 0 aromatic heterocycles. The van der Waals surface area contributed by atoms with E-state index < -0.39 is 153 Å². The Morgan fingerprint density at radius 3 is 1.78 bits per heavy atom. The summed E-state index contributed by atoms with van der Waals surface area (Å²) in [4.78, 5) is 94.3. The number of carbonyl (C=O) groups is 6. The summed E-state index contributed by atoms with van der Waals surface area (Å²) in [6.07, 6.45) is -2.03. The number of piperidine rings is 2. The van der Waals surface area contributed by atoms with Crippen molar-refractivity contribution in [3.05, 3.63) is 163 Å². The maximum atomic E-state index is 14.6. The summed E-state index contributed by atoms with van der Waals surface area (Å²) in [6, 6.07) is 16.8. The van der Waals surface area contributed by atoms with Gasteiger partial charge in [-0.1, -0.05) is 137 Å². The molecule has 6 unspecified atom stereocenters. The minimum atomic E-state index is -2.18. The van der Waals surface area contributed by atoms with Crippen LogP contribution in [0, 0.1) is 42.4 Å². The zero-order valence-corrected chi connectivity index (χ0v) is 80.5. The smallest absolute Gasteiger partial charge is 0.408 e. The fourth-order valence-corrected chi connectivity index (χ4v) is 23.7. The van der Waals surface area contributed by atoms with E-state index in [2.05, 4.69) is 74.4 Å². The molecule has 16 rings (SSSR count). The van der Waals surface area contributed by atoms with Crippen LogP contribution in [0.15, 0.2) is 118 Å². The van der Waals surface area contributed by atoms with Crippen molar-refractivity contribution in [1.82, 2.24) is 40.0 Å². The molecule has 16 atom stereocenters. The number of fused-ring (bicyclic) bond motifs is 19. The molecule has 12 aliphatic rings. The molecule has 7 saturated heterocycles. The minimum Gasteiger partial charge on any atom is -0.493 e. The molecule has 0 radical (unpaired) electrons. The number of likely N-dealkylation sites (N-methyl/N-ethyl adjacent to an activating group) is 2. The summed E-state index contributed by atoms with van der Waals surface area (Å²) in [7, 11) is 18.0. The summed E-state index contributed by atoms with van der Waals surface area (Å²) in [5, 5.41) is 39.9. The second kappa shape index (κ2) is 39.9. The molecule has 6 bridgehead atoms. The Hall–Kier alpha value is -8.66. The van der Waals surface area contributed by atoms with Gasteiger partial charge >= 0.3 is 30.1 Å². The van der Waals surface area contributed by atoms with Crippen LogP contribution in [0.1, 0.15) is 89.7 Å². The first-order valence-corrected chi connectivity index (χ1v) is 46.4. The lowest BCUT2D eigenvalue weighted by atomic mass is 9.65. The first-order chi connectivity index (χ1) is 61.9. The number of alkyl halides is 6. The van der Waals surface area contributed by atoms with E-state index in [4.69, 9.17) is 141 Å². The van der Waals surface area contributed by atoms with E-state index in [0.29, 0.717) is 64.3 Å². The van der Waals surface area contributed by atoms with Crippen LogP contribution in [-0.2, 0) is 84.1 Å². The summed E-state index contributed by atoms with van der Waals surface area (Å²) >= 11 is 37.9. The monoisotopic (exact) mass is 1950 g/mol. The van der Waals surface area contributed by atoms with Gasteiger partial charge in [-0.3, -0.25) is 29.2 Å². The topological polar surface area (TPSA) is 352 Å². The van der Waals surface area contributed by atoms with Crippen LogP contribution in [0.5, 0.6) is 23.0 Å². The molecule has 3 aliphatic carbocycles. The van der Waals surface area contributed by atoms with Gasteiger partial charge in [0.15, 0.2) is 71.0 Å². The van der Waals surface area contributed by atoms with Crippen molar-refractivity contribution < 1.29 is 105 Å². The number of aliphatic hydroxyl groups is 1. The number of piperazine rings is 2. The molecule has 3 N–H and O–H groups in total. The number of ether oxygens (including phenoxy) is 15. The van der Waals surface area contributed by atoms with E-state index in [1.165, 1.54) is 37.6 Å². The number of nitriles is 2. The molecule has 130 heavy (non-hydrogen) atoms. The van der Waals surface area contributed by atoms with Gasteiger partial charge in [0.05, 0.1) is 56.3 Å². The largest absolute Gasteiger partial charge is 0.493 e. The molecule has 700 valence electrons. The van der Waals surface area contributed by atoms with Gasteiger partial charge in [-0.15, -0.1) is 0 Å². The van der Waals surface area contributed by atoms with E-state index in [9.17, 15) is 44.4 Å². The van der Waals surface area contributed by atoms with Crippen molar-refractivity contribution in [2.24, 2.45) is 5.92 Å².